The van der Waals surface area contributed by atoms with E-state index in [2.05, 4.69) is 22.9 Å². The number of aliphatic imine (C=N–C) groups is 1. The third kappa shape index (κ3) is 10.6. The molecule has 1 fully saturated rings. The third-order valence-electron chi connectivity index (χ3n) is 7.29. The normalized spacial score (nSPS) is 15.7. The number of fused-ring (bicyclic) bond motifs is 1. The minimum Gasteiger partial charge on any atom is -0.491 e. The van der Waals surface area contributed by atoms with Crippen LogP contribution in [0.3, 0.4) is 0 Å². The number of rotatable bonds is 17. The standard InChI is InChI=1S/C33H44N2O6/c1-2-17-38-18-19-39-29-12-10-28(11-13-29)30(36)7-3-4-8-33(37)34-24-27(25-35-15-5-6-16-35)22-26-9-14-31-32(23-26)41-21-20-40-31/h9-14,23-24,27H,2-8,15-22,25H2,1H3. The Kier molecular flexibility index (Phi) is 12.7. The summed E-state index contributed by atoms with van der Waals surface area (Å²) in [7, 11) is 0. The van der Waals surface area contributed by atoms with Crippen molar-refractivity contribution in [3.63, 3.8) is 0 Å². The molecule has 2 aliphatic rings. The van der Waals surface area contributed by atoms with Crippen LogP contribution in [0.2, 0.25) is 0 Å². The fourth-order valence-electron chi connectivity index (χ4n) is 5.14. The van der Waals surface area contributed by atoms with E-state index in [4.69, 9.17) is 18.9 Å². The second-order valence-electron chi connectivity index (χ2n) is 10.7. The van der Waals surface area contributed by atoms with E-state index in [-0.39, 0.29) is 17.6 Å². The van der Waals surface area contributed by atoms with Crippen LogP contribution in [0, 0.1) is 5.92 Å². The Hall–Kier alpha value is -3.23. The summed E-state index contributed by atoms with van der Waals surface area (Å²) in [6.07, 6.45) is 8.09. The molecule has 0 bridgehead atoms. The minimum atomic E-state index is -0.129. The fourth-order valence-corrected chi connectivity index (χ4v) is 5.14. The molecule has 0 N–H and O–H groups in total. The maximum Gasteiger partial charge on any atom is 0.245 e. The number of hydrogen-bond donors (Lipinski definition) is 0. The number of ether oxygens (including phenoxy) is 4. The van der Waals surface area contributed by atoms with E-state index in [0.29, 0.717) is 57.7 Å². The van der Waals surface area contributed by atoms with Crippen LogP contribution in [-0.4, -0.2) is 75.5 Å². The molecule has 0 aliphatic carbocycles. The average Bonchev–Trinajstić information content (AvgIpc) is 3.51. The molecule has 1 atom stereocenters. The van der Waals surface area contributed by atoms with Crippen LogP contribution in [0.15, 0.2) is 47.5 Å². The van der Waals surface area contributed by atoms with Crippen molar-refractivity contribution in [2.24, 2.45) is 10.9 Å². The fraction of sp³-hybridized carbons (Fsp3) is 0.545. The lowest BCUT2D eigenvalue weighted by molar-refractivity contribution is -0.117. The Balaban J connectivity index is 1.19. The number of likely N-dealkylation sites (tertiary alicyclic amines) is 1. The summed E-state index contributed by atoms with van der Waals surface area (Å²) in [6.45, 7) is 8.05. The molecule has 222 valence electrons. The van der Waals surface area contributed by atoms with Crippen molar-refractivity contribution in [3.05, 3.63) is 53.6 Å². The summed E-state index contributed by atoms with van der Waals surface area (Å²) in [6, 6.07) is 13.3. The molecule has 0 saturated carbocycles. The van der Waals surface area contributed by atoms with E-state index < -0.39 is 0 Å². The van der Waals surface area contributed by atoms with Gasteiger partial charge in [-0.3, -0.25) is 9.59 Å². The Bertz CT molecular complexity index is 1130. The Morgan fingerprint density at radius 3 is 2.49 bits per heavy atom. The van der Waals surface area contributed by atoms with Crippen molar-refractivity contribution < 1.29 is 28.5 Å². The highest BCUT2D eigenvalue weighted by Crippen LogP contribution is 2.31. The SMILES string of the molecule is CCCOCCOc1ccc(C(=O)CCCCC(=O)N=CC(Cc2ccc3c(c2)OCCO3)CN2CCCC2)cc1. The van der Waals surface area contributed by atoms with E-state index in [1.165, 1.54) is 12.8 Å². The van der Waals surface area contributed by atoms with Crippen molar-refractivity contribution in [1.29, 1.82) is 0 Å². The second-order valence-corrected chi connectivity index (χ2v) is 10.7. The van der Waals surface area contributed by atoms with Gasteiger partial charge in [-0.1, -0.05) is 13.0 Å². The second kappa shape index (κ2) is 16.9. The van der Waals surface area contributed by atoms with E-state index in [0.717, 1.165) is 61.9 Å². The third-order valence-corrected chi connectivity index (χ3v) is 7.29. The first-order chi connectivity index (χ1) is 20.1. The quantitative estimate of drug-likeness (QED) is 0.141. The smallest absolute Gasteiger partial charge is 0.245 e. The van der Waals surface area contributed by atoms with E-state index in [1.54, 1.807) is 12.1 Å². The van der Waals surface area contributed by atoms with Gasteiger partial charge in [-0.15, -0.1) is 0 Å². The number of carbonyl (C=O) groups is 2. The van der Waals surface area contributed by atoms with Gasteiger partial charge >= 0.3 is 0 Å². The number of Topliss-reactive ketones (excluding diaryl/α,β-unsaturated/α-hetero) is 1. The molecule has 1 amide bonds. The van der Waals surface area contributed by atoms with Crippen LogP contribution in [0.5, 0.6) is 17.2 Å². The van der Waals surface area contributed by atoms with Gasteiger partial charge in [0.1, 0.15) is 25.6 Å². The average molecular weight is 565 g/mol. The lowest BCUT2D eigenvalue weighted by atomic mass is 9.99. The molecule has 8 nitrogen and oxygen atoms in total. The zero-order valence-electron chi connectivity index (χ0n) is 24.4. The number of nitrogens with zero attached hydrogens (tertiary/aromatic N) is 2. The lowest BCUT2D eigenvalue weighted by Crippen LogP contribution is -2.29. The maximum absolute atomic E-state index is 12.6. The van der Waals surface area contributed by atoms with E-state index >= 15 is 0 Å². The molecule has 2 aromatic rings. The van der Waals surface area contributed by atoms with Gasteiger partial charge in [0.2, 0.25) is 5.91 Å². The first kappa shape index (κ1) is 30.7. The van der Waals surface area contributed by atoms with Crippen molar-refractivity contribution in [2.45, 2.75) is 58.3 Å². The zero-order chi connectivity index (χ0) is 28.7. The number of ketones is 1. The minimum absolute atomic E-state index is 0.0730. The highest BCUT2D eigenvalue weighted by atomic mass is 16.6. The molecular weight excluding hydrogens is 520 g/mol. The van der Waals surface area contributed by atoms with Crippen molar-refractivity contribution in [2.75, 3.05) is 52.7 Å². The molecule has 0 radical (unpaired) electrons. The van der Waals surface area contributed by atoms with Crippen LogP contribution < -0.4 is 14.2 Å². The number of hydrogen-bond acceptors (Lipinski definition) is 7. The van der Waals surface area contributed by atoms with Crippen molar-refractivity contribution in [3.8, 4) is 17.2 Å². The highest BCUT2D eigenvalue weighted by molar-refractivity contribution is 5.96. The van der Waals surface area contributed by atoms with Gasteiger partial charge in [0.15, 0.2) is 17.3 Å². The Morgan fingerprint density at radius 2 is 1.71 bits per heavy atom. The summed E-state index contributed by atoms with van der Waals surface area (Å²) < 4.78 is 22.5. The Morgan fingerprint density at radius 1 is 0.951 bits per heavy atom. The maximum atomic E-state index is 12.6. The molecule has 2 heterocycles. The lowest BCUT2D eigenvalue weighted by Gasteiger charge is -2.22. The van der Waals surface area contributed by atoms with Gasteiger partial charge in [0.25, 0.3) is 0 Å². The highest BCUT2D eigenvalue weighted by Gasteiger charge is 2.19. The zero-order valence-corrected chi connectivity index (χ0v) is 24.4. The van der Waals surface area contributed by atoms with Gasteiger partial charge in [-0.2, -0.15) is 0 Å². The molecule has 1 saturated heterocycles. The van der Waals surface area contributed by atoms with E-state index in [9.17, 15) is 9.59 Å². The first-order valence-corrected chi connectivity index (χ1v) is 15.1. The molecule has 0 spiro atoms. The molecule has 8 heteroatoms. The Labute approximate surface area is 244 Å². The van der Waals surface area contributed by atoms with Gasteiger partial charge < -0.3 is 23.8 Å². The molecule has 2 aliphatic heterocycles. The number of benzene rings is 2. The summed E-state index contributed by atoms with van der Waals surface area (Å²) in [4.78, 5) is 31.9. The predicted octanol–water partition coefficient (Wildman–Crippen LogP) is 5.56. The number of unbranched alkanes of at least 4 members (excludes halogenated alkanes) is 1. The van der Waals surface area contributed by atoms with Crippen LogP contribution in [0.4, 0.5) is 0 Å². The summed E-state index contributed by atoms with van der Waals surface area (Å²) in [5, 5.41) is 0. The predicted molar refractivity (Wildman–Crippen MR) is 160 cm³/mol. The molecule has 0 aromatic heterocycles. The molecule has 4 rings (SSSR count). The number of amides is 1. The summed E-state index contributed by atoms with van der Waals surface area (Å²) >= 11 is 0. The summed E-state index contributed by atoms with van der Waals surface area (Å²) in [5.41, 5.74) is 1.81. The summed E-state index contributed by atoms with van der Waals surface area (Å²) in [5.74, 6) is 2.38. The van der Waals surface area contributed by atoms with Crippen LogP contribution >= 0.6 is 0 Å². The van der Waals surface area contributed by atoms with Crippen LogP contribution in [0.25, 0.3) is 0 Å². The van der Waals surface area contributed by atoms with Gasteiger partial charge in [-0.25, -0.2) is 4.99 Å². The monoisotopic (exact) mass is 564 g/mol. The topological polar surface area (TPSA) is 86.7 Å². The van der Waals surface area contributed by atoms with E-state index in [1.807, 2.05) is 30.5 Å². The van der Waals surface area contributed by atoms with Crippen LogP contribution in [0.1, 0.15) is 67.8 Å². The first-order valence-electron chi connectivity index (χ1n) is 15.1. The van der Waals surface area contributed by atoms with Gasteiger partial charge in [-0.05, 0) is 93.6 Å². The van der Waals surface area contributed by atoms with Crippen molar-refractivity contribution >= 4 is 17.9 Å². The molecule has 2 aromatic carbocycles. The van der Waals surface area contributed by atoms with Gasteiger partial charge in [0.05, 0.1) is 6.61 Å². The van der Waals surface area contributed by atoms with Crippen LogP contribution in [-0.2, 0) is 16.0 Å². The van der Waals surface area contributed by atoms with Crippen molar-refractivity contribution in [1.82, 2.24) is 4.90 Å². The van der Waals surface area contributed by atoms with Gasteiger partial charge in [0, 0.05) is 43.7 Å². The molecular formula is C33H44N2O6. The molecule has 41 heavy (non-hydrogen) atoms. The largest absolute Gasteiger partial charge is 0.491 e. The number of carbonyl (C=O) groups excluding carboxylic acids is 2. The molecule has 1 unspecified atom stereocenters.